The van der Waals surface area contributed by atoms with Gasteiger partial charge in [-0.15, -0.1) is 5.10 Å². The van der Waals surface area contributed by atoms with Gasteiger partial charge in [0.25, 0.3) is 0 Å². The molecule has 32 heavy (non-hydrogen) atoms. The number of carbonyl (C=O) groups is 1. The number of amides is 1. The number of nitrogens with one attached hydrogen (secondary N) is 1. The lowest BCUT2D eigenvalue weighted by atomic mass is 10.2. The zero-order chi connectivity index (χ0) is 24.1. The summed E-state index contributed by atoms with van der Waals surface area (Å²) in [4.78, 5) is 18.1. The average Bonchev–Trinajstić information content (AvgIpc) is 3.31. The first-order valence-corrected chi connectivity index (χ1v) is 11.1. The molecule has 180 valence electrons. The van der Waals surface area contributed by atoms with Crippen molar-refractivity contribution in [3.63, 3.8) is 0 Å². The monoisotopic (exact) mass is 457 g/mol. The van der Waals surface area contributed by atoms with Crippen LogP contribution < -0.4 is 10.2 Å². The molecular weight excluding hydrogens is 423 g/mol. The van der Waals surface area contributed by atoms with Gasteiger partial charge in [0.2, 0.25) is 0 Å². The van der Waals surface area contributed by atoms with Crippen molar-refractivity contribution in [1.29, 1.82) is 0 Å². The van der Waals surface area contributed by atoms with Crippen LogP contribution in [0.25, 0.3) is 5.65 Å². The summed E-state index contributed by atoms with van der Waals surface area (Å²) in [6.45, 7) is 10.2. The fraction of sp³-hybridized carbons (Fsp3) is 0.682. The van der Waals surface area contributed by atoms with Crippen LogP contribution in [0.1, 0.15) is 72.4 Å². The Bertz CT molecular complexity index is 899. The molecule has 1 amide bonds. The van der Waals surface area contributed by atoms with Crippen molar-refractivity contribution in [2.45, 2.75) is 91.5 Å². The van der Waals surface area contributed by atoms with Crippen LogP contribution in [-0.2, 0) is 4.74 Å². The number of alkyl halides is 3. The lowest BCUT2D eigenvalue weighted by molar-refractivity contribution is -0.132. The zero-order valence-corrected chi connectivity index (χ0v) is 19.7. The number of hydrogen-bond acceptors (Lipinski definition) is 5. The van der Waals surface area contributed by atoms with E-state index in [0.29, 0.717) is 17.2 Å². The number of fused-ring (bicyclic) bond motifs is 1. The fourth-order valence-electron chi connectivity index (χ4n) is 3.48. The van der Waals surface area contributed by atoms with Crippen LogP contribution in [0, 0.1) is 6.92 Å². The van der Waals surface area contributed by atoms with Gasteiger partial charge in [-0.1, -0.05) is 26.7 Å². The molecule has 2 aromatic rings. The van der Waals surface area contributed by atoms with E-state index in [4.69, 9.17) is 4.74 Å². The molecule has 1 N–H and O–H groups in total. The van der Waals surface area contributed by atoms with Crippen LogP contribution in [-0.4, -0.2) is 45.1 Å². The third-order valence-electron chi connectivity index (χ3n) is 4.85. The van der Waals surface area contributed by atoms with Crippen molar-refractivity contribution in [3.8, 4) is 0 Å². The maximum absolute atomic E-state index is 13.0. The van der Waals surface area contributed by atoms with Gasteiger partial charge in [0.05, 0.1) is 24.0 Å². The molecule has 0 atom stereocenters. The standard InChI is InChI=1S/C20H28F3N5O2.C2H6/c1-13-12-24-17-15(11-16(26-28(13)17)25-14-7-5-6-8-14)27(10-9-20(21,22)23)18(29)30-19(2,3)4;1-2/h11-12,14H,5-10H2,1-4H3,(H,25,26);1-2H3. The summed E-state index contributed by atoms with van der Waals surface area (Å²) < 4.78 is 45.9. The first kappa shape index (κ1) is 25.7. The molecule has 7 nitrogen and oxygen atoms in total. The molecule has 1 fully saturated rings. The molecule has 10 heteroatoms. The predicted octanol–water partition coefficient (Wildman–Crippen LogP) is 6.11. The SMILES string of the molecule is CC.Cc1cnc2c(N(CCC(F)(F)F)C(=O)OC(C)(C)C)cc(NC3CCCC3)nn12. The van der Waals surface area contributed by atoms with Crippen LogP contribution in [0.15, 0.2) is 12.3 Å². The maximum Gasteiger partial charge on any atom is 0.414 e. The van der Waals surface area contributed by atoms with Crippen molar-refractivity contribution in [1.82, 2.24) is 14.6 Å². The van der Waals surface area contributed by atoms with E-state index >= 15 is 0 Å². The van der Waals surface area contributed by atoms with Crippen molar-refractivity contribution in [2.24, 2.45) is 0 Å². The number of ether oxygens (including phenoxy) is 1. The summed E-state index contributed by atoms with van der Waals surface area (Å²) >= 11 is 0. The fourth-order valence-corrected chi connectivity index (χ4v) is 3.48. The van der Waals surface area contributed by atoms with Crippen LogP contribution in [0.5, 0.6) is 0 Å². The molecule has 0 spiro atoms. The van der Waals surface area contributed by atoms with Crippen molar-refractivity contribution in [2.75, 3.05) is 16.8 Å². The minimum Gasteiger partial charge on any atom is -0.443 e. The van der Waals surface area contributed by atoms with Crippen molar-refractivity contribution >= 4 is 23.2 Å². The summed E-state index contributed by atoms with van der Waals surface area (Å²) in [7, 11) is 0. The molecule has 0 radical (unpaired) electrons. The number of aromatic nitrogens is 3. The normalized spacial score (nSPS) is 14.8. The highest BCUT2D eigenvalue weighted by Crippen LogP contribution is 2.30. The Hall–Kier alpha value is -2.52. The number of aryl methyl sites for hydroxylation is 1. The molecule has 0 aromatic carbocycles. The molecule has 2 heterocycles. The highest BCUT2D eigenvalue weighted by molar-refractivity contribution is 5.93. The highest BCUT2D eigenvalue weighted by atomic mass is 19.4. The lowest BCUT2D eigenvalue weighted by Gasteiger charge is -2.28. The van der Waals surface area contributed by atoms with E-state index in [1.807, 2.05) is 13.8 Å². The van der Waals surface area contributed by atoms with Gasteiger partial charge in [0.1, 0.15) is 11.4 Å². The number of halogens is 3. The van der Waals surface area contributed by atoms with Crippen molar-refractivity contribution < 1.29 is 22.7 Å². The Morgan fingerprint density at radius 3 is 2.44 bits per heavy atom. The Morgan fingerprint density at radius 1 is 1.25 bits per heavy atom. The zero-order valence-electron chi connectivity index (χ0n) is 19.7. The smallest absolute Gasteiger partial charge is 0.414 e. The quantitative estimate of drug-likeness (QED) is 0.586. The number of nitrogens with zero attached hydrogens (tertiary/aromatic N) is 4. The summed E-state index contributed by atoms with van der Waals surface area (Å²) in [5.41, 5.74) is 0.392. The predicted molar refractivity (Wildman–Crippen MR) is 119 cm³/mol. The largest absolute Gasteiger partial charge is 0.443 e. The molecule has 1 aliphatic rings. The molecule has 3 rings (SSSR count). The number of anilines is 2. The molecule has 0 bridgehead atoms. The van der Waals surface area contributed by atoms with Gasteiger partial charge in [-0.25, -0.2) is 14.3 Å². The first-order chi connectivity index (χ1) is 14.9. The summed E-state index contributed by atoms with van der Waals surface area (Å²) in [5.74, 6) is 0.492. The van der Waals surface area contributed by atoms with Gasteiger partial charge in [-0.05, 0) is 40.5 Å². The van der Waals surface area contributed by atoms with E-state index in [1.54, 1.807) is 40.0 Å². The van der Waals surface area contributed by atoms with Gasteiger partial charge in [0.15, 0.2) is 5.65 Å². The Labute approximate surface area is 187 Å². The van der Waals surface area contributed by atoms with E-state index < -0.39 is 30.8 Å². The topological polar surface area (TPSA) is 71.8 Å². The van der Waals surface area contributed by atoms with Gasteiger partial charge in [0, 0.05) is 18.7 Å². The lowest BCUT2D eigenvalue weighted by Crippen LogP contribution is -2.39. The minimum absolute atomic E-state index is 0.233. The van der Waals surface area contributed by atoms with Gasteiger partial charge < -0.3 is 10.1 Å². The Balaban J connectivity index is 0.00000176. The second kappa shape index (κ2) is 10.4. The minimum atomic E-state index is -4.42. The summed E-state index contributed by atoms with van der Waals surface area (Å²) in [6, 6.07) is 1.83. The second-order valence-electron chi connectivity index (χ2n) is 8.67. The van der Waals surface area contributed by atoms with Gasteiger partial charge in [-0.2, -0.15) is 13.2 Å². The van der Waals surface area contributed by atoms with E-state index in [0.717, 1.165) is 30.6 Å². The first-order valence-electron chi connectivity index (χ1n) is 11.1. The average molecular weight is 458 g/mol. The maximum atomic E-state index is 13.0. The van der Waals surface area contributed by atoms with E-state index in [-0.39, 0.29) is 11.7 Å². The van der Waals surface area contributed by atoms with E-state index in [2.05, 4.69) is 15.4 Å². The second-order valence-corrected chi connectivity index (χ2v) is 8.67. The number of imidazole rings is 1. The van der Waals surface area contributed by atoms with E-state index in [9.17, 15) is 18.0 Å². The molecule has 0 saturated heterocycles. The molecule has 1 aliphatic carbocycles. The molecule has 2 aromatic heterocycles. The molecular formula is C22H34F3N5O2. The van der Waals surface area contributed by atoms with Crippen molar-refractivity contribution in [3.05, 3.63) is 18.0 Å². The highest BCUT2D eigenvalue weighted by Gasteiger charge is 2.33. The molecule has 1 saturated carbocycles. The molecule has 0 unspecified atom stereocenters. The van der Waals surface area contributed by atoms with Gasteiger partial charge >= 0.3 is 12.3 Å². The Morgan fingerprint density at radius 2 is 1.88 bits per heavy atom. The third-order valence-corrected chi connectivity index (χ3v) is 4.85. The van der Waals surface area contributed by atoms with Crippen LogP contribution in [0.2, 0.25) is 0 Å². The van der Waals surface area contributed by atoms with E-state index in [1.165, 1.54) is 4.52 Å². The van der Waals surface area contributed by atoms with Gasteiger partial charge in [-0.3, -0.25) is 4.90 Å². The van der Waals surface area contributed by atoms with Crippen LogP contribution >= 0.6 is 0 Å². The molecule has 0 aliphatic heterocycles. The number of rotatable bonds is 5. The third kappa shape index (κ3) is 7.00. The van der Waals surface area contributed by atoms with Crippen LogP contribution in [0.3, 0.4) is 0 Å². The Kier molecular flexibility index (Phi) is 8.36. The number of carbonyl (C=O) groups excluding carboxylic acids is 1. The number of hydrogen-bond donors (Lipinski definition) is 1. The summed E-state index contributed by atoms with van der Waals surface area (Å²) in [5, 5.41) is 7.87. The summed E-state index contributed by atoms with van der Waals surface area (Å²) in [6.07, 6.45) is -0.622. The van der Waals surface area contributed by atoms with Crippen LogP contribution in [0.4, 0.5) is 29.5 Å².